The second-order valence-electron chi connectivity index (χ2n) is 7.41. The first-order valence-corrected chi connectivity index (χ1v) is 13.6. The van der Waals surface area contributed by atoms with Crippen molar-refractivity contribution in [2.24, 2.45) is 0 Å². The van der Waals surface area contributed by atoms with Crippen LogP contribution in [0.2, 0.25) is 38.3 Å². The van der Waals surface area contributed by atoms with Gasteiger partial charge in [-0.15, -0.1) is 19.6 Å². The van der Waals surface area contributed by atoms with E-state index in [4.69, 9.17) is 0 Å². The molecule has 0 N–H and O–H groups in total. The van der Waals surface area contributed by atoms with E-state index < -0.39 is 16.1 Å². The summed E-state index contributed by atoms with van der Waals surface area (Å²) in [6.07, 6.45) is 7.14. The van der Waals surface area contributed by atoms with Crippen molar-refractivity contribution in [3.8, 4) is 0 Å². The molecule has 0 radical (unpaired) electrons. The molecule has 0 nitrogen and oxygen atoms in total. The third kappa shape index (κ3) is 8.65. The molecule has 0 spiro atoms. The molecule has 0 bridgehead atoms. The summed E-state index contributed by atoms with van der Waals surface area (Å²) in [5, 5.41) is 3.25. The van der Waals surface area contributed by atoms with Crippen LogP contribution in [0.25, 0.3) is 0 Å². The SMILES string of the molecule is C=C(C)C[Si](C)(C)C1=[C-]CC=C1[Si](C)(C)CC(=C)C.[CH3-].[CH3-].[CH3-].[Pt+4]. The maximum atomic E-state index is 4.12. The maximum absolute atomic E-state index is 4.12. The van der Waals surface area contributed by atoms with Gasteiger partial charge in [0.1, 0.15) is 0 Å². The summed E-state index contributed by atoms with van der Waals surface area (Å²) >= 11 is 0. The topological polar surface area (TPSA) is 0 Å². The zero-order chi connectivity index (χ0) is 14.8. The fourth-order valence-electron chi connectivity index (χ4n) is 3.36. The molecular weight excluding hydrogens is 491 g/mol. The van der Waals surface area contributed by atoms with Gasteiger partial charge in [0.15, 0.2) is 0 Å². The molecule has 0 fully saturated rings. The smallest absolute Gasteiger partial charge is 0.358 e. The predicted molar refractivity (Wildman–Crippen MR) is 113 cm³/mol. The zero-order valence-corrected chi connectivity index (χ0v) is 21.2. The molecule has 0 saturated carbocycles. The normalized spacial score (nSPS) is 13.3. The van der Waals surface area contributed by atoms with Crippen molar-refractivity contribution in [1.82, 2.24) is 0 Å². The summed E-state index contributed by atoms with van der Waals surface area (Å²) in [5.74, 6) is 0. The van der Waals surface area contributed by atoms with Crippen LogP contribution in [-0.2, 0) is 21.1 Å². The van der Waals surface area contributed by atoms with Crippen LogP contribution >= 0.6 is 0 Å². The van der Waals surface area contributed by atoms with E-state index in [0.29, 0.717) is 0 Å². The van der Waals surface area contributed by atoms with Crippen molar-refractivity contribution in [2.75, 3.05) is 0 Å². The molecule has 0 heterocycles. The minimum atomic E-state index is -1.41. The van der Waals surface area contributed by atoms with E-state index in [2.05, 4.69) is 65.3 Å². The maximum Gasteiger partial charge on any atom is 4.00 e. The van der Waals surface area contributed by atoms with Gasteiger partial charge in [-0.2, -0.15) is 6.08 Å². The minimum absolute atomic E-state index is 0. The molecule has 0 aromatic rings. The van der Waals surface area contributed by atoms with E-state index in [1.165, 1.54) is 23.2 Å². The van der Waals surface area contributed by atoms with Crippen LogP contribution in [0.5, 0.6) is 0 Å². The first kappa shape index (κ1) is 30.9. The van der Waals surface area contributed by atoms with Crippen molar-refractivity contribution < 1.29 is 21.1 Å². The number of hydrogen-bond acceptors (Lipinski definition) is 0. The van der Waals surface area contributed by atoms with Gasteiger partial charge in [-0.1, -0.05) is 37.3 Å². The molecule has 1 aliphatic rings. The molecule has 0 amide bonds. The summed E-state index contributed by atoms with van der Waals surface area (Å²) in [6.45, 7) is 22.4. The van der Waals surface area contributed by atoms with Crippen LogP contribution in [-0.4, -0.2) is 16.1 Å². The molecular formula is C20H38PtSi2. The van der Waals surface area contributed by atoms with Gasteiger partial charge in [0.25, 0.3) is 0 Å². The van der Waals surface area contributed by atoms with Crippen molar-refractivity contribution in [3.63, 3.8) is 0 Å². The Balaban J connectivity index is -0.000000451. The van der Waals surface area contributed by atoms with Crippen LogP contribution in [0.15, 0.2) is 40.8 Å². The Bertz CT molecular complexity index is 412. The molecule has 0 aliphatic heterocycles. The van der Waals surface area contributed by atoms with E-state index in [0.717, 1.165) is 6.42 Å². The van der Waals surface area contributed by atoms with Crippen LogP contribution < -0.4 is 0 Å². The molecule has 0 aromatic carbocycles. The van der Waals surface area contributed by atoms with Crippen molar-refractivity contribution in [2.45, 2.75) is 58.5 Å². The Morgan fingerprint density at radius 1 is 0.957 bits per heavy atom. The van der Waals surface area contributed by atoms with Gasteiger partial charge < -0.3 is 22.3 Å². The third-order valence-corrected chi connectivity index (χ3v) is 10.7. The van der Waals surface area contributed by atoms with Crippen molar-refractivity contribution in [3.05, 3.63) is 69.1 Å². The standard InChI is InChI=1S/C17H29Si2.3CH3.Pt/c1-14(2)12-18(5,6)16-10-9-11-17(16)19(7,8)13-15(3)4;;;;/h10H,1,3,9,12-13H2,2,4-8H3;3*1H3;/q4*-1;+4. The van der Waals surface area contributed by atoms with Crippen LogP contribution in [0.4, 0.5) is 0 Å². The Morgan fingerprint density at radius 2 is 1.35 bits per heavy atom. The molecule has 3 heteroatoms. The summed E-state index contributed by atoms with van der Waals surface area (Å²) < 4.78 is 0. The van der Waals surface area contributed by atoms with Crippen LogP contribution in [0.1, 0.15) is 20.3 Å². The largest absolute Gasteiger partial charge is 4.00 e. The molecule has 0 unspecified atom stereocenters. The summed E-state index contributed by atoms with van der Waals surface area (Å²) in [7, 11) is -2.80. The summed E-state index contributed by atoms with van der Waals surface area (Å²) in [5.41, 5.74) is 2.64. The second-order valence-corrected chi connectivity index (χ2v) is 16.7. The summed E-state index contributed by atoms with van der Waals surface area (Å²) in [4.78, 5) is 0. The van der Waals surface area contributed by atoms with Gasteiger partial charge >= 0.3 is 21.1 Å². The van der Waals surface area contributed by atoms with Crippen molar-refractivity contribution in [1.29, 1.82) is 0 Å². The van der Waals surface area contributed by atoms with Gasteiger partial charge in [-0.25, -0.2) is 10.4 Å². The number of hydrogen-bond donors (Lipinski definition) is 0. The molecule has 1 rings (SSSR count). The van der Waals surface area contributed by atoms with E-state index in [9.17, 15) is 0 Å². The number of allylic oxidation sites excluding steroid dienone is 6. The Kier molecular flexibility index (Phi) is 15.6. The average Bonchev–Trinajstić information content (AvgIpc) is 2.61. The molecule has 0 atom stereocenters. The number of rotatable bonds is 6. The van der Waals surface area contributed by atoms with Crippen LogP contribution in [0, 0.1) is 28.4 Å². The zero-order valence-electron chi connectivity index (χ0n) is 16.9. The average molecular weight is 530 g/mol. The van der Waals surface area contributed by atoms with Gasteiger partial charge in [-0.3, -0.25) is 6.08 Å². The van der Waals surface area contributed by atoms with Crippen molar-refractivity contribution >= 4 is 16.1 Å². The molecule has 23 heavy (non-hydrogen) atoms. The quantitative estimate of drug-likeness (QED) is 0.197. The third-order valence-electron chi connectivity index (χ3n) is 3.75. The van der Waals surface area contributed by atoms with E-state index >= 15 is 0 Å². The van der Waals surface area contributed by atoms with E-state index in [-0.39, 0.29) is 43.3 Å². The fraction of sp³-hybridized carbons (Fsp3) is 0.450. The van der Waals surface area contributed by atoms with Gasteiger partial charge in [0.2, 0.25) is 0 Å². The first-order valence-electron chi connectivity index (χ1n) is 7.17. The molecule has 0 saturated heterocycles. The van der Waals surface area contributed by atoms with Crippen LogP contribution in [0.3, 0.4) is 0 Å². The Hall–Kier alpha value is 0.0821. The molecule has 1 aliphatic carbocycles. The monoisotopic (exact) mass is 529 g/mol. The Morgan fingerprint density at radius 3 is 1.74 bits per heavy atom. The van der Waals surface area contributed by atoms with Gasteiger partial charge in [0.05, 0.1) is 0 Å². The van der Waals surface area contributed by atoms with Gasteiger partial charge in [0, 0.05) is 8.07 Å². The Labute approximate surface area is 164 Å². The predicted octanol–water partition coefficient (Wildman–Crippen LogP) is 7.04. The van der Waals surface area contributed by atoms with E-state index in [1.54, 1.807) is 10.4 Å². The summed E-state index contributed by atoms with van der Waals surface area (Å²) in [6, 6.07) is 2.38. The second kappa shape index (κ2) is 11.6. The fourth-order valence-corrected chi connectivity index (χ4v) is 11.6. The molecule has 0 aromatic heterocycles. The van der Waals surface area contributed by atoms with Gasteiger partial charge in [-0.05, 0) is 34.0 Å². The minimum Gasteiger partial charge on any atom is -0.358 e. The van der Waals surface area contributed by atoms with E-state index in [1.807, 2.05) is 0 Å². The molecule has 136 valence electrons. The first-order chi connectivity index (χ1) is 8.56.